The molecule has 2 aromatic heterocycles. The largest absolute Gasteiger partial charge is 0.462 e. The van der Waals surface area contributed by atoms with E-state index in [0.29, 0.717) is 21.5 Å². The number of benzene rings is 1. The van der Waals surface area contributed by atoms with Crippen LogP contribution in [0.15, 0.2) is 29.4 Å². The Hall–Kier alpha value is -3.78. The number of ether oxygens (including phenoxy) is 1. The lowest BCUT2D eigenvalue weighted by Gasteiger charge is -2.12. The van der Waals surface area contributed by atoms with E-state index in [9.17, 15) is 24.5 Å². The Balaban J connectivity index is 1.37. The predicted octanol–water partition coefficient (Wildman–Crippen LogP) is 3.50. The van der Waals surface area contributed by atoms with Crippen molar-refractivity contribution >= 4 is 51.6 Å². The number of rotatable bonds is 10. The zero-order chi connectivity index (χ0) is 27.4. The summed E-state index contributed by atoms with van der Waals surface area (Å²) in [5.41, 5.74) is 1.60. The van der Waals surface area contributed by atoms with Crippen molar-refractivity contribution in [2.45, 2.75) is 50.1 Å². The van der Waals surface area contributed by atoms with Gasteiger partial charge in [-0.2, -0.15) is 0 Å². The zero-order valence-corrected chi connectivity index (χ0v) is 22.6. The van der Waals surface area contributed by atoms with Crippen LogP contribution in [0.3, 0.4) is 0 Å². The molecule has 4 rings (SSSR count). The second-order valence-electron chi connectivity index (χ2n) is 8.48. The number of thioether (sulfide) groups is 1. The number of thiophene rings is 1. The minimum Gasteiger partial charge on any atom is -0.462 e. The SMILES string of the molecule is CCOC(=O)c1c(NC(=O)C(C)Sc2nnc(CNC(=O)c3ccc([N+](=O)[O-])cc3)n2C)sc2c1CCC2. The average molecular weight is 559 g/mol. The maximum atomic E-state index is 13.0. The van der Waals surface area contributed by atoms with Crippen molar-refractivity contribution in [2.75, 3.05) is 11.9 Å². The number of nitrogens with one attached hydrogen (secondary N) is 2. The van der Waals surface area contributed by atoms with Gasteiger partial charge in [0, 0.05) is 29.6 Å². The van der Waals surface area contributed by atoms with E-state index in [0.717, 1.165) is 29.7 Å². The molecule has 0 saturated carbocycles. The molecule has 0 fully saturated rings. The van der Waals surface area contributed by atoms with Crippen LogP contribution in [0.1, 0.15) is 57.2 Å². The van der Waals surface area contributed by atoms with Crippen LogP contribution in [-0.2, 0) is 36.0 Å². The first-order valence-corrected chi connectivity index (χ1v) is 13.6. The van der Waals surface area contributed by atoms with E-state index in [1.807, 2.05) is 0 Å². The number of hydrogen-bond donors (Lipinski definition) is 2. The highest BCUT2D eigenvalue weighted by molar-refractivity contribution is 8.00. The summed E-state index contributed by atoms with van der Waals surface area (Å²) in [6.07, 6.45) is 2.66. The second kappa shape index (κ2) is 11.7. The number of nitro groups is 1. The highest BCUT2D eigenvalue weighted by atomic mass is 32.2. The summed E-state index contributed by atoms with van der Waals surface area (Å²) in [4.78, 5) is 49.3. The minimum absolute atomic E-state index is 0.0735. The van der Waals surface area contributed by atoms with Crippen LogP contribution in [0, 0.1) is 10.1 Å². The van der Waals surface area contributed by atoms with Crippen molar-refractivity contribution in [1.82, 2.24) is 20.1 Å². The molecule has 3 aromatic rings. The van der Waals surface area contributed by atoms with Crippen LogP contribution >= 0.6 is 23.1 Å². The number of aryl methyl sites for hydroxylation is 1. The van der Waals surface area contributed by atoms with Gasteiger partial charge in [-0.05, 0) is 50.8 Å². The Morgan fingerprint density at radius 2 is 1.97 bits per heavy atom. The summed E-state index contributed by atoms with van der Waals surface area (Å²) in [5, 5.41) is 25.1. The molecule has 2 N–H and O–H groups in total. The smallest absolute Gasteiger partial charge is 0.341 e. The van der Waals surface area contributed by atoms with Crippen molar-refractivity contribution in [2.24, 2.45) is 7.05 Å². The number of anilines is 1. The number of nitro benzene ring substituents is 1. The van der Waals surface area contributed by atoms with E-state index in [-0.39, 0.29) is 30.3 Å². The number of amides is 2. The number of aromatic nitrogens is 3. The Morgan fingerprint density at radius 3 is 2.66 bits per heavy atom. The summed E-state index contributed by atoms with van der Waals surface area (Å²) in [7, 11) is 1.73. The summed E-state index contributed by atoms with van der Waals surface area (Å²) in [6.45, 7) is 3.81. The number of non-ortho nitro benzene ring substituents is 1. The minimum atomic E-state index is -0.549. The molecule has 1 aromatic carbocycles. The summed E-state index contributed by atoms with van der Waals surface area (Å²) in [5.74, 6) is -0.646. The van der Waals surface area contributed by atoms with Gasteiger partial charge in [0.2, 0.25) is 5.91 Å². The molecule has 12 nitrogen and oxygen atoms in total. The summed E-state index contributed by atoms with van der Waals surface area (Å²) in [6, 6.07) is 5.28. The lowest BCUT2D eigenvalue weighted by molar-refractivity contribution is -0.384. The average Bonchev–Trinajstić information content (AvgIpc) is 3.57. The summed E-state index contributed by atoms with van der Waals surface area (Å²) < 4.78 is 6.90. The van der Waals surface area contributed by atoms with Crippen molar-refractivity contribution < 1.29 is 24.0 Å². The third kappa shape index (κ3) is 5.86. The van der Waals surface area contributed by atoms with Crippen LogP contribution in [0.2, 0.25) is 0 Å². The van der Waals surface area contributed by atoms with Gasteiger partial charge in [-0.3, -0.25) is 19.7 Å². The highest BCUT2D eigenvalue weighted by Gasteiger charge is 2.29. The zero-order valence-electron chi connectivity index (χ0n) is 21.0. The molecule has 200 valence electrons. The maximum absolute atomic E-state index is 13.0. The monoisotopic (exact) mass is 558 g/mol. The highest BCUT2D eigenvalue weighted by Crippen LogP contribution is 2.40. The molecule has 38 heavy (non-hydrogen) atoms. The van der Waals surface area contributed by atoms with Crippen LogP contribution < -0.4 is 10.6 Å². The fraction of sp³-hybridized carbons (Fsp3) is 0.375. The van der Waals surface area contributed by atoms with E-state index in [2.05, 4.69) is 20.8 Å². The number of hydrogen-bond acceptors (Lipinski definition) is 10. The van der Waals surface area contributed by atoms with Crippen LogP contribution in [0.25, 0.3) is 0 Å². The first kappa shape index (κ1) is 27.3. The van der Waals surface area contributed by atoms with Gasteiger partial charge in [-0.25, -0.2) is 4.79 Å². The topological polar surface area (TPSA) is 158 Å². The van der Waals surface area contributed by atoms with Crippen molar-refractivity contribution in [3.63, 3.8) is 0 Å². The molecule has 0 aliphatic heterocycles. The Morgan fingerprint density at radius 1 is 1.24 bits per heavy atom. The molecule has 1 aliphatic rings. The third-order valence-electron chi connectivity index (χ3n) is 5.96. The molecule has 1 atom stereocenters. The van der Waals surface area contributed by atoms with E-state index >= 15 is 0 Å². The van der Waals surface area contributed by atoms with Gasteiger partial charge in [0.1, 0.15) is 5.00 Å². The standard InChI is InChI=1S/C24H26N6O6S2/c1-4-36-23(33)19-16-6-5-7-17(16)38-22(19)26-20(31)13(2)37-24-28-27-18(29(24)3)12-25-21(32)14-8-10-15(11-9-14)30(34)35/h8-11,13H,4-7,12H2,1-3H3,(H,25,32)(H,26,31). The van der Waals surface area contributed by atoms with Crippen LogP contribution in [0.5, 0.6) is 0 Å². The number of esters is 1. The van der Waals surface area contributed by atoms with Gasteiger partial charge in [-0.15, -0.1) is 21.5 Å². The molecule has 0 saturated heterocycles. The Bertz CT molecular complexity index is 1380. The van der Waals surface area contributed by atoms with Gasteiger partial charge in [0.15, 0.2) is 11.0 Å². The third-order valence-corrected chi connectivity index (χ3v) is 8.30. The molecular formula is C24H26N6O6S2. The first-order chi connectivity index (χ1) is 18.2. The van der Waals surface area contributed by atoms with Crippen LogP contribution in [0.4, 0.5) is 10.7 Å². The Kier molecular flexibility index (Phi) is 8.42. The number of nitrogens with zero attached hydrogens (tertiary/aromatic N) is 4. The van der Waals surface area contributed by atoms with Gasteiger partial charge in [0.05, 0.1) is 28.9 Å². The van der Waals surface area contributed by atoms with Crippen molar-refractivity contribution in [3.05, 3.63) is 61.8 Å². The van der Waals surface area contributed by atoms with E-state index < -0.39 is 22.0 Å². The Labute approximate surface area is 226 Å². The fourth-order valence-corrected chi connectivity index (χ4v) is 6.05. The molecule has 0 spiro atoms. The van der Waals surface area contributed by atoms with Crippen molar-refractivity contribution in [1.29, 1.82) is 0 Å². The van der Waals surface area contributed by atoms with E-state index in [4.69, 9.17) is 4.74 Å². The van der Waals surface area contributed by atoms with Gasteiger partial charge >= 0.3 is 5.97 Å². The molecule has 1 unspecified atom stereocenters. The lowest BCUT2D eigenvalue weighted by atomic mass is 10.1. The fourth-order valence-electron chi connectivity index (χ4n) is 3.93. The molecular weight excluding hydrogens is 532 g/mol. The maximum Gasteiger partial charge on any atom is 0.341 e. The number of fused-ring (bicyclic) bond motifs is 1. The van der Waals surface area contributed by atoms with Gasteiger partial charge < -0.3 is 19.9 Å². The summed E-state index contributed by atoms with van der Waals surface area (Å²) >= 11 is 2.62. The molecule has 0 radical (unpaired) electrons. The number of carbonyl (C=O) groups is 3. The van der Waals surface area contributed by atoms with Gasteiger partial charge in [-0.1, -0.05) is 11.8 Å². The molecule has 0 bridgehead atoms. The molecule has 1 aliphatic carbocycles. The lowest BCUT2D eigenvalue weighted by Crippen LogP contribution is -2.25. The second-order valence-corrected chi connectivity index (χ2v) is 10.9. The van der Waals surface area contributed by atoms with E-state index in [1.165, 1.54) is 47.4 Å². The predicted molar refractivity (Wildman–Crippen MR) is 142 cm³/mol. The normalized spacial score (nSPS) is 13.0. The first-order valence-electron chi connectivity index (χ1n) is 11.9. The molecule has 14 heteroatoms. The molecule has 2 amide bonds. The molecule has 2 heterocycles. The van der Waals surface area contributed by atoms with Crippen molar-refractivity contribution in [3.8, 4) is 0 Å². The quantitative estimate of drug-likeness (QED) is 0.164. The van der Waals surface area contributed by atoms with E-state index in [1.54, 1.807) is 25.5 Å². The number of carbonyl (C=O) groups excluding carboxylic acids is 3. The van der Waals surface area contributed by atoms with Gasteiger partial charge in [0.25, 0.3) is 11.6 Å². The van der Waals surface area contributed by atoms with Crippen LogP contribution in [-0.4, -0.2) is 49.3 Å².